The molecule has 2 atom stereocenters. The molecule has 0 aromatic heterocycles. The van der Waals surface area contributed by atoms with E-state index in [-0.39, 0.29) is 12.8 Å². The molecule has 0 radical (unpaired) electrons. The maximum absolute atomic E-state index is 12.3. The van der Waals surface area contributed by atoms with Gasteiger partial charge in [-0.15, -0.1) is 0 Å². The molecule has 0 spiro atoms. The summed E-state index contributed by atoms with van der Waals surface area (Å²) < 4.78 is 41.9. The standard InChI is InChI=1S/C9H13F3O3/c10-9(11,12)6-2-1-3-7(4-6)15-5-8(13)14/h6-7H,1-5H2,(H,13,14). The second kappa shape index (κ2) is 4.83. The Kier molecular flexibility index (Phi) is 3.96. The topological polar surface area (TPSA) is 46.5 Å². The lowest BCUT2D eigenvalue weighted by Gasteiger charge is -2.30. The van der Waals surface area contributed by atoms with Crippen molar-refractivity contribution >= 4 is 5.97 Å². The van der Waals surface area contributed by atoms with Crippen molar-refractivity contribution in [3.8, 4) is 0 Å². The molecule has 6 heteroatoms. The lowest BCUT2D eigenvalue weighted by atomic mass is 9.87. The Morgan fingerprint density at radius 3 is 2.60 bits per heavy atom. The molecule has 1 saturated carbocycles. The third-order valence-corrected chi connectivity index (χ3v) is 2.53. The van der Waals surface area contributed by atoms with Crippen molar-refractivity contribution in [1.82, 2.24) is 0 Å². The van der Waals surface area contributed by atoms with E-state index in [0.29, 0.717) is 12.8 Å². The first-order valence-electron chi connectivity index (χ1n) is 4.79. The number of ether oxygens (including phenoxy) is 1. The number of carboxylic acids is 1. The van der Waals surface area contributed by atoms with Gasteiger partial charge in [-0.05, 0) is 19.3 Å². The van der Waals surface area contributed by atoms with Crippen molar-refractivity contribution in [3.63, 3.8) is 0 Å². The van der Waals surface area contributed by atoms with Crippen LogP contribution in [-0.2, 0) is 9.53 Å². The average molecular weight is 226 g/mol. The van der Waals surface area contributed by atoms with Gasteiger partial charge in [0.25, 0.3) is 0 Å². The number of hydrogen-bond acceptors (Lipinski definition) is 2. The Balaban J connectivity index is 2.39. The molecule has 0 heterocycles. The molecule has 88 valence electrons. The minimum atomic E-state index is -4.19. The van der Waals surface area contributed by atoms with Crippen molar-refractivity contribution in [1.29, 1.82) is 0 Å². The van der Waals surface area contributed by atoms with Crippen LogP contribution in [0.1, 0.15) is 25.7 Å². The Hall–Kier alpha value is -0.780. The number of aliphatic carboxylic acids is 1. The van der Waals surface area contributed by atoms with Crippen LogP contribution in [-0.4, -0.2) is 30.0 Å². The van der Waals surface area contributed by atoms with Gasteiger partial charge in [-0.25, -0.2) is 4.79 Å². The van der Waals surface area contributed by atoms with Crippen LogP contribution < -0.4 is 0 Å². The molecule has 1 fully saturated rings. The zero-order chi connectivity index (χ0) is 11.5. The normalized spacial score (nSPS) is 27.7. The fourth-order valence-corrected chi connectivity index (χ4v) is 1.78. The third-order valence-electron chi connectivity index (χ3n) is 2.53. The molecule has 1 N–H and O–H groups in total. The molecule has 3 nitrogen and oxygen atoms in total. The first-order chi connectivity index (χ1) is 6.89. The molecular formula is C9H13F3O3. The number of hydrogen-bond donors (Lipinski definition) is 1. The number of carboxylic acid groups (broad SMARTS) is 1. The molecule has 1 rings (SSSR count). The molecule has 0 bridgehead atoms. The summed E-state index contributed by atoms with van der Waals surface area (Å²) in [5, 5.41) is 8.32. The summed E-state index contributed by atoms with van der Waals surface area (Å²) in [6, 6.07) is 0. The quantitative estimate of drug-likeness (QED) is 0.802. The highest BCUT2D eigenvalue weighted by Gasteiger charge is 2.42. The van der Waals surface area contributed by atoms with E-state index in [1.807, 2.05) is 0 Å². The first kappa shape index (κ1) is 12.3. The molecule has 0 amide bonds. The second-order valence-electron chi connectivity index (χ2n) is 3.73. The van der Waals surface area contributed by atoms with Gasteiger partial charge in [0.15, 0.2) is 0 Å². The average Bonchev–Trinajstić information content (AvgIpc) is 2.14. The highest BCUT2D eigenvalue weighted by atomic mass is 19.4. The molecule has 2 unspecified atom stereocenters. The summed E-state index contributed by atoms with van der Waals surface area (Å²) in [5.74, 6) is -2.49. The van der Waals surface area contributed by atoms with Crippen molar-refractivity contribution in [2.45, 2.75) is 38.0 Å². The summed E-state index contributed by atoms with van der Waals surface area (Å²) in [4.78, 5) is 10.2. The maximum Gasteiger partial charge on any atom is 0.391 e. The highest BCUT2D eigenvalue weighted by molar-refractivity contribution is 5.68. The van der Waals surface area contributed by atoms with Gasteiger partial charge in [-0.1, -0.05) is 6.42 Å². The van der Waals surface area contributed by atoms with Gasteiger partial charge in [0.1, 0.15) is 6.61 Å². The molecular weight excluding hydrogens is 213 g/mol. The number of alkyl halides is 3. The first-order valence-corrected chi connectivity index (χ1v) is 4.79. The predicted octanol–water partition coefficient (Wildman–Crippen LogP) is 2.21. The molecule has 0 aromatic rings. The van der Waals surface area contributed by atoms with Crippen LogP contribution in [0.5, 0.6) is 0 Å². The number of carbonyl (C=O) groups is 1. The summed E-state index contributed by atoms with van der Waals surface area (Å²) in [6.07, 6.45) is -3.80. The molecule has 0 aliphatic heterocycles. The zero-order valence-electron chi connectivity index (χ0n) is 8.09. The summed E-state index contributed by atoms with van der Waals surface area (Å²) in [7, 11) is 0. The van der Waals surface area contributed by atoms with Crippen LogP contribution in [0.15, 0.2) is 0 Å². The van der Waals surface area contributed by atoms with E-state index in [2.05, 4.69) is 0 Å². The van der Waals surface area contributed by atoms with E-state index in [9.17, 15) is 18.0 Å². The maximum atomic E-state index is 12.3. The SMILES string of the molecule is O=C(O)COC1CCCC(C(F)(F)F)C1. The smallest absolute Gasteiger partial charge is 0.391 e. The van der Waals surface area contributed by atoms with Gasteiger partial charge in [0.05, 0.1) is 12.0 Å². The summed E-state index contributed by atoms with van der Waals surface area (Å²) in [5.41, 5.74) is 0. The summed E-state index contributed by atoms with van der Waals surface area (Å²) >= 11 is 0. The summed E-state index contributed by atoms with van der Waals surface area (Å²) in [6.45, 7) is -0.519. The largest absolute Gasteiger partial charge is 0.480 e. The predicted molar refractivity (Wildman–Crippen MR) is 45.4 cm³/mol. The third kappa shape index (κ3) is 4.07. The number of halogens is 3. The highest BCUT2D eigenvalue weighted by Crippen LogP contribution is 2.38. The van der Waals surface area contributed by atoms with Crippen molar-refractivity contribution in [2.75, 3.05) is 6.61 Å². The molecule has 0 saturated heterocycles. The van der Waals surface area contributed by atoms with Crippen molar-refractivity contribution in [3.05, 3.63) is 0 Å². The van der Waals surface area contributed by atoms with Crippen LogP contribution in [0.2, 0.25) is 0 Å². The van der Waals surface area contributed by atoms with Gasteiger partial charge >= 0.3 is 12.1 Å². The van der Waals surface area contributed by atoms with E-state index in [1.54, 1.807) is 0 Å². The van der Waals surface area contributed by atoms with E-state index >= 15 is 0 Å². The fraction of sp³-hybridized carbons (Fsp3) is 0.889. The Bertz CT molecular complexity index is 227. The van der Waals surface area contributed by atoms with E-state index in [0.717, 1.165) is 0 Å². The Morgan fingerprint density at radius 2 is 2.07 bits per heavy atom. The molecule has 1 aliphatic rings. The number of rotatable bonds is 3. The second-order valence-corrected chi connectivity index (χ2v) is 3.73. The van der Waals surface area contributed by atoms with Gasteiger partial charge < -0.3 is 9.84 Å². The van der Waals surface area contributed by atoms with E-state index < -0.39 is 30.8 Å². The van der Waals surface area contributed by atoms with Gasteiger partial charge in [0.2, 0.25) is 0 Å². The van der Waals surface area contributed by atoms with Crippen LogP contribution in [0.4, 0.5) is 13.2 Å². The van der Waals surface area contributed by atoms with Crippen LogP contribution in [0.25, 0.3) is 0 Å². The molecule has 1 aliphatic carbocycles. The van der Waals surface area contributed by atoms with Crippen LogP contribution in [0.3, 0.4) is 0 Å². The van der Waals surface area contributed by atoms with Gasteiger partial charge in [0, 0.05) is 0 Å². The van der Waals surface area contributed by atoms with Crippen molar-refractivity contribution < 1.29 is 27.8 Å². The lowest BCUT2D eigenvalue weighted by molar-refractivity contribution is -0.193. The van der Waals surface area contributed by atoms with Gasteiger partial charge in [-0.3, -0.25) is 0 Å². The van der Waals surface area contributed by atoms with E-state index in [1.165, 1.54) is 0 Å². The van der Waals surface area contributed by atoms with Gasteiger partial charge in [-0.2, -0.15) is 13.2 Å². The fourth-order valence-electron chi connectivity index (χ4n) is 1.78. The zero-order valence-corrected chi connectivity index (χ0v) is 8.09. The van der Waals surface area contributed by atoms with E-state index in [4.69, 9.17) is 9.84 Å². The lowest BCUT2D eigenvalue weighted by Crippen LogP contribution is -2.33. The minimum Gasteiger partial charge on any atom is -0.480 e. The molecule has 15 heavy (non-hydrogen) atoms. The van der Waals surface area contributed by atoms with Crippen molar-refractivity contribution in [2.24, 2.45) is 5.92 Å². The monoisotopic (exact) mass is 226 g/mol. The Morgan fingerprint density at radius 1 is 1.40 bits per heavy atom. The molecule has 0 aromatic carbocycles. The van der Waals surface area contributed by atoms with Crippen LogP contribution >= 0.6 is 0 Å². The minimum absolute atomic E-state index is 0.114. The Labute approximate surface area is 85.2 Å². The van der Waals surface area contributed by atoms with Crippen LogP contribution in [0, 0.1) is 5.92 Å².